The average molecular weight is 405 g/mol. The van der Waals surface area contributed by atoms with E-state index in [0.717, 1.165) is 29.1 Å². The molecule has 0 saturated heterocycles. The lowest BCUT2D eigenvalue weighted by Gasteiger charge is -2.08. The van der Waals surface area contributed by atoms with Crippen LogP contribution in [0.4, 0.5) is 0 Å². The largest absolute Gasteiger partial charge is 0.383 e. The van der Waals surface area contributed by atoms with Crippen molar-refractivity contribution in [3.63, 3.8) is 0 Å². The van der Waals surface area contributed by atoms with Crippen LogP contribution in [0.5, 0.6) is 0 Å². The van der Waals surface area contributed by atoms with E-state index in [4.69, 9.17) is 16.3 Å². The quantitative estimate of drug-likeness (QED) is 0.450. The molecule has 8 heteroatoms. The highest BCUT2D eigenvalue weighted by Gasteiger charge is 2.17. The molecule has 0 aliphatic rings. The third-order valence-corrected chi connectivity index (χ3v) is 5.41. The zero-order valence-electron chi connectivity index (χ0n) is 15.5. The fourth-order valence-corrected chi connectivity index (χ4v) is 3.67. The molecule has 3 aromatic rings. The minimum atomic E-state index is 0.0645. The molecule has 0 saturated carbocycles. The lowest BCUT2D eigenvalue weighted by molar-refractivity contribution is 0.102. The number of nitrogens with zero attached hydrogens (tertiary/aromatic N) is 3. The minimum Gasteiger partial charge on any atom is -0.383 e. The molecule has 0 unspecified atom stereocenters. The first kappa shape index (κ1) is 19.7. The summed E-state index contributed by atoms with van der Waals surface area (Å²) in [6.45, 7) is 5.32. The van der Waals surface area contributed by atoms with Crippen LogP contribution in [0.2, 0.25) is 5.02 Å². The van der Waals surface area contributed by atoms with Crippen molar-refractivity contribution < 1.29 is 9.53 Å². The maximum absolute atomic E-state index is 12.6. The Kier molecular flexibility index (Phi) is 6.36. The zero-order chi connectivity index (χ0) is 19.4. The molecular formula is C19H21ClN4O2S. The normalized spacial score (nSPS) is 11.1. The van der Waals surface area contributed by atoms with Crippen molar-refractivity contribution in [1.82, 2.24) is 19.7 Å². The zero-order valence-corrected chi connectivity index (χ0v) is 17.0. The summed E-state index contributed by atoms with van der Waals surface area (Å²) in [6, 6.07) is 9.28. The van der Waals surface area contributed by atoms with Crippen molar-refractivity contribution in [1.29, 1.82) is 0 Å². The Morgan fingerprint density at radius 1 is 1.30 bits per heavy atom. The van der Waals surface area contributed by atoms with E-state index < -0.39 is 0 Å². The van der Waals surface area contributed by atoms with Crippen LogP contribution < -0.4 is 0 Å². The summed E-state index contributed by atoms with van der Waals surface area (Å²) in [4.78, 5) is 17.1. The number of thioether (sulfide) groups is 1. The minimum absolute atomic E-state index is 0.0645. The molecule has 1 N–H and O–H groups in total. The van der Waals surface area contributed by atoms with Gasteiger partial charge in [-0.05, 0) is 44.2 Å². The molecule has 0 atom stereocenters. The van der Waals surface area contributed by atoms with E-state index in [9.17, 15) is 4.79 Å². The average Bonchev–Trinajstić information content (AvgIpc) is 3.24. The summed E-state index contributed by atoms with van der Waals surface area (Å²) < 4.78 is 7.24. The summed E-state index contributed by atoms with van der Waals surface area (Å²) >= 11 is 7.22. The summed E-state index contributed by atoms with van der Waals surface area (Å²) in [5, 5.41) is 8.30. The molecule has 0 bridgehead atoms. The molecule has 2 aromatic heterocycles. The highest BCUT2D eigenvalue weighted by Crippen LogP contribution is 2.23. The predicted molar refractivity (Wildman–Crippen MR) is 108 cm³/mol. The van der Waals surface area contributed by atoms with Crippen LogP contribution in [0, 0.1) is 13.8 Å². The number of benzene rings is 1. The maximum Gasteiger partial charge on any atom is 0.209 e. The van der Waals surface area contributed by atoms with Crippen molar-refractivity contribution in [2.75, 3.05) is 19.5 Å². The number of hydrogen-bond donors (Lipinski definition) is 1. The SMILES string of the molecule is COCCn1c(C)cc(C(=O)CSc2n[nH]c(-c3ccc(Cl)cc3)n2)c1C. The second kappa shape index (κ2) is 8.73. The summed E-state index contributed by atoms with van der Waals surface area (Å²) in [5.41, 5.74) is 3.66. The first-order valence-electron chi connectivity index (χ1n) is 8.49. The monoisotopic (exact) mass is 404 g/mol. The number of aryl methyl sites for hydroxylation is 1. The van der Waals surface area contributed by atoms with Crippen molar-refractivity contribution in [2.24, 2.45) is 0 Å². The van der Waals surface area contributed by atoms with E-state index in [0.29, 0.717) is 22.6 Å². The number of ketones is 1. The van der Waals surface area contributed by atoms with Gasteiger partial charge in [0, 0.05) is 41.2 Å². The van der Waals surface area contributed by atoms with Gasteiger partial charge in [0.1, 0.15) is 0 Å². The van der Waals surface area contributed by atoms with E-state index in [-0.39, 0.29) is 11.5 Å². The fraction of sp³-hybridized carbons (Fsp3) is 0.316. The second-order valence-corrected chi connectivity index (χ2v) is 7.49. The van der Waals surface area contributed by atoms with Crippen molar-refractivity contribution in [2.45, 2.75) is 25.5 Å². The Morgan fingerprint density at radius 3 is 2.74 bits per heavy atom. The van der Waals surface area contributed by atoms with Crippen molar-refractivity contribution >= 4 is 29.1 Å². The Morgan fingerprint density at radius 2 is 2.04 bits per heavy atom. The van der Waals surface area contributed by atoms with E-state index >= 15 is 0 Å². The molecule has 0 aliphatic carbocycles. The lowest BCUT2D eigenvalue weighted by atomic mass is 10.2. The van der Waals surface area contributed by atoms with Gasteiger partial charge in [-0.3, -0.25) is 9.89 Å². The number of methoxy groups -OCH3 is 1. The number of H-pyrrole nitrogens is 1. The van der Waals surface area contributed by atoms with Crippen LogP contribution in [-0.2, 0) is 11.3 Å². The number of Topliss-reactive ketones (excluding diaryl/α,β-unsaturated/α-hetero) is 1. The molecule has 0 fully saturated rings. The van der Waals surface area contributed by atoms with Gasteiger partial charge in [-0.15, -0.1) is 5.10 Å². The first-order chi connectivity index (χ1) is 13.0. The molecule has 0 amide bonds. The Balaban J connectivity index is 1.65. The first-order valence-corrected chi connectivity index (χ1v) is 9.86. The number of hydrogen-bond acceptors (Lipinski definition) is 5. The lowest BCUT2D eigenvalue weighted by Crippen LogP contribution is -2.09. The van der Waals surface area contributed by atoms with Crippen LogP contribution in [-0.4, -0.2) is 45.0 Å². The van der Waals surface area contributed by atoms with Crippen LogP contribution in [0.1, 0.15) is 21.7 Å². The number of carbonyl (C=O) groups excluding carboxylic acids is 1. The third kappa shape index (κ3) is 4.61. The topological polar surface area (TPSA) is 72.8 Å². The maximum atomic E-state index is 12.6. The fourth-order valence-electron chi connectivity index (χ4n) is 2.87. The highest BCUT2D eigenvalue weighted by molar-refractivity contribution is 7.99. The predicted octanol–water partition coefficient (Wildman–Crippen LogP) is 4.16. The van der Waals surface area contributed by atoms with Crippen LogP contribution >= 0.6 is 23.4 Å². The van der Waals surface area contributed by atoms with Gasteiger partial charge in [0.15, 0.2) is 11.6 Å². The number of halogens is 1. The number of aromatic nitrogens is 4. The molecule has 3 rings (SSSR count). The van der Waals surface area contributed by atoms with Gasteiger partial charge >= 0.3 is 0 Å². The van der Waals surface area contributed by atoms with E-state index in [1.165, 1.54) is 11.8 Å². The van der Waals surface area contributed by atoms with Gasteiger partial charge in [-0.25, -0.2) is 4.98 Å². The summed E-state index contributed by atoms with van der Waals surface area (Å²) in [5.74, 6) is 1.00. The number of ether oxygens (including phenoxy) is 1. The van der Waals surface area contributed by atoms with Gasteiger partial charge in [0.2, 0.25) is 5.16 Å². The number of nitrogens with one attached hydrogen (secondary N) is 1. The number of aromatic amines is 1. The Hall–Kier alpha value is -2.09. The van der Waals surface area contributed by atoms with Gasteiger partial charge in [-0.1, -0.05) is 23.4 Å². The van der Waals surface area contributed by atoms with E-state index in [2.05, 4.69) is 19.7 Å². The smallest absolute Gasteiger partial charge is 0.209 e. The number of rotatable bonds is 8. The summed E-state index contributed by atoms with van der Waals surface area (Å²) in [6.07, 6.45) is 0. The molecular weight excluding hydrogens is 384 g/mol. The van der Waals surface area contributed by atoms with Crippen molar-refractivity contribution in [3.05, 3.63) is 52.3 Å². The molecule has 6 nitrogen and oxygen atoms in total. The summed E-state index contributed by atoms with van der Waals surface area (Å²) in [7, 11) is 1.67. The highest BCUT2D eigenvalue weighted by atomic mass is 35.5. The standard InChI is InChI=1S/C19H21ClN4O2S/c1-12-10-16(13(2)24(12)8-9-26-3)17(25)11-27-19-21-18(22-23-19)14-4-6-15(20)7-5-14/h4-7,10H,8-9,11H2,1-3H3,(H,21,22,23). The van der Waals surface area contributed by atoms with E-state index in [1.54, 1.807) is 19.2 Å². The van der Waals surface area contributed by atoms with Gasteiger partial charge < -0.3 is 9.30 Å². The number of carbonyl (C=O) groups is 1. The van der Waals surface area contributed by atoms with Crippen molar-refractivity contribution in [3.8, 4) is 11.4 Å². The van der Waals surface area contributed by atoms with Gasteiger partial charge in [-0.2, -0.15) is 0 Å². The van der Waals surface area contributed by atoms with Crippen LogP contribution in [0.15, 0.2) is 35.5 Å². The van der Waals surface area contributed by atoms with Gasteiger partial charge in [0.25, 0.3) is 0 Å². The molecule has 0 aliphatic heterocycles. The Labute approximate surface area is 167 Å². The van der Waals surface area contributed by atoms with Gasteiger partial charge in [0.05, 0.1) is 12.4 Å². The molecule has 2 heterocycles. The molecule has 27 heavy (non-hydrogen) atoms. The molecule has 142 valence electrons. The second-order valence-electron chi connectivity index (χ2n) is 6.11. The third-order valence-electron chi connectivity index (χ3n) is 4.31. The van der Waals surface area contributed by atoms with Crippen LogP contribution in [0.3, 0.4) is 0 Å². The Bertz CT molecular complexity index is 934. The van der Waals surface area contributed by atoms with E-state index in [1.807, 2.05) is 32.0 Å². The molecule has 0 spiro atoms. The van der Waals surface area contributed by atoms with Crippen LogP contribution in [0.25, 0.3) is 11.4 Å². The molecule has 1 aromatic carbocycles. The molecule has 0 radical (unpaired) electrons.